The highest BCUT2D eigenvalue weighted by atomic mass is 19.1. The van der Waals surface area contributed by atoms with Gasteiger partial charge in [0.25, 0.3) is 0 Å². The van der Waals surface area contributed by atoms with Crippen LogP contribution in [-0.2, 0) is 0 Å². The van der Waals surface area contributed by atoms with Gasteiger partial charge in [-0.3, -0.25) is 4.57 Å². The van der Waals surface area contributed by atoms with Gasteiger partial charge in [-0.2, -0.15) is 9.78 Å². The fourth-order valence-corrected chi connectivity index (χ4v) is 2.25. The average molecular weight is 295 g/mol. The van der Waals surface area contributed by atoms with Crippen molar-refractivity contribution >= 4 is 5.97 Å². The van der Waals surface area contributed by atoms with Crippen molar-refractivity contribution in [2.45, 2.75) is 25.8 Å². The number of aromatic nitrogens is 3. The van der Waals surface area contributed by atoms with Gasteiger partial charge < -0.3 is 5.11 Å². The number of aryl methyl sites for hydroxylation is 1. The van der Waals surface area contributed by atoms with E-state index in [1.54, 1.807) is 6.92 Å². The van der Waals surface area contributed by atoms with Crippen LogP contribution in [0.3, 0.4) is 0 Å². The van der Waals surface area contributed by atoms with Crippen molar-refractivity contribution in [1.82, 2.24) is 14.3 Å². The number of rotatable bonds is 3. The van der Waals surface area contributed by atoms with Crippen molar-refractivity contribution in [3.63, 3.8) is 0 Å². The Morgan fingerprint density at radius 2 is 2.00 bits per heavy atom. The highest BCUT2D eigenvalue weighted by molar-refractivity contribution is 5.88. The Labute approximate surface area is 117 Å². The maximum Gasteiger partial charge on any atom is 0.351 e. The van der Waals surface area contributed by atoms with Crippen molar-refractivity contribution in [2.75, 3.05) is 0 Å². The average Bonchev–Trinajstić information content (AvgIpc) is 3.18. The first kappa shape index (κ1) is 13.5. The van der Waals surface area contributed by atoms with Crippen LogP contribution in [0.15, 0.2) is 16.9 Å². The molecule has 1 saturated carbocycles. The van der Waals surface area contributed by atoms with Gasteiger partial charge in [-0.05, 0) is 25.8 Å². The molecule has 0 spiro atoms. The zero-order valence-corrected chi connectivity index (χ0v) is 11.0. The monoisotopic (exact) mass is 295 g/mol. The second kappa shape index (κ2) is 4.51. The van der Waals surface area contributed by atoms with Crippen LogP contribution >= 0.6 is 0 Å². The summed E-state index contributed by atoms with van der Waals surface area (Å²) in [5.41, 5.74) is -1.75. The van der Waals surface area contributed by atoms with E-state index in [9.17, 15) is 18.4 Å². The maximum absolute atomic E-state index is 14.0. The van der Waals surface area contributed by atoms with Gasteiger partial charge in [0.05, 0.1) is 5.56 Å². The molecule has 0 atom stereocenters. The molecule has 21 heavy (non-hydrogen) atoms. The fourth-order valence-electron chi connectivity index (χ4n) is 2.25. The van der Waals surface area contributed by atoms with E-state index in [4.69, 9.17) is 5.11 Å². The van der Waals surface area contributed by atoms with Gasteiger partial charge in [0.1, 0.15) is 23.1 Å². The van der Waals surface area contributed by atoms with Gasteiger partial charge in [-0.1, -0.05) is 0 Å². The van der Waals surface area contributed by atoms with E-state index in [0.29, 0.717) is 18.0 Å². The molecule has 1 aromatic carbocycles. The van der Waals surface area contributed by atoms with Crippen LogP contribution < -0.4 is 5.69 Å². The number of hydrogen-bond donors (Lipinski definition) is 1. The number of carboxylic acids is 1. The van der Waals surface area contributed by atoms with E-state index in [-0.39, 0.29) is 6.04 Å². The molecule has 6 nitrogen and oxygen atoms in total. The van der Waals surface area contributed by atoms with E-state index in [2.05, 4.69) is 5.10 Å². The van der Waals surface area contributed by atoms with Crippen LogP contribution in [-0.4, -0.2) is 25.4 Å². The molecule has 0 radical (unpaired) electrons. The van der Waals surface area contributed by atoms with E-state index < -0.39 is 34.5 Å². The second-order valence-electron chi connectivity index (χ2n) is 4.93. The first-order valence-corrected chi connectivity index (χ1v) is 6.31. The zero-order valence-electron chi connectivity index (χ0n) is 11.0. The van der Waals surface area contributed by atoms with E-state index in [1.165, 1.54) is 4.57 Å². The first-order chi connectivity index (χ1) is 9.90. The van der Waals surface area contributed by atoms with Crippen molar-refractivity contribution < 1.29 is 18.7 Å². The molecule has 3 rings (SSSR count). The van der Waals surface area contributed by atoms with Crippen molar-refractivity contribution in [3.05, 3.63) is 45.6 Å². The lowest BCUT2D eigenvalue weighted by Gasteiger charge is -2.04. The predicted octanol–water partition coefficient (Wildman–Crippen LogP) is 1.65. The minimum atomic E-state index is -1.58. The minimum absolute atomic E-state index is 0.0532. The fraction of sp³-hybridized carbons (Fsp3) is 0.308. The second-order valence-corrected chi connectivity index (χ2v) is 4.93. The summed E-state index contributed by atoms with van der Waals surface area (Å²) in [4.78, 5) is 23.0. The number of halogens is 2. The van der Waals surface area contributed by atoms with Crippen LogP contribution in [0.1, 0.15) is 35.1 Å². The Hall–Kier alpha value is -2.51. The molecule has 0 amide bonds. The molecule has 8 heteroatoms. The Morgan fingerprint density at radius 1 is 1.33 bits per heavy atom. The minimum Gasteiger partial charge on any atom is -0.478 e. The summed E-state index contributed by atoms with van der Waals surface area (Å²) in [6, 6.07) is 1.27. The lowest BCUT2D eigenvalue weighted by Crippen LogP contribution is -2.24. The lowest BCUT2D eigenvalue weighted by molar-refractivity contribution is 0.0691. The molecule has 0 unspecified atom stereocenters. The Balaban J connectivity index is 2.17. The summed E-state index contributed by atoms with van der Waals surface area (Å²) in [6.07, 6.45) is 1.70. The molecule has 0 aliphatic heterocycles. The first-order valence-electron chi connectivity index (χ1n) is 6.31. The third-order valence-corrected chi connectivity index (χ3v) is 3.39. The lowest BCUT2D eigenvalue weighted by atomic mass is 10.2. The summed E-state index contributed by atoms with van der Waals surface area (Å²) < 4.78 is 29.8. The molecular weight excluding hydrogens is 284 g/mol. The Kier molecular flexibility index (Phi) is 2.89. The molecule has 0 bridgehead atoms. The van der Waals surface area contributed by atoms with Crippen LogP contribution in [0.2, 0.25) is 0 Å². The van der Waals surface area contributed by atoms with E-state index in [1.807, 2.05) is 0 Å². The van der Waals surface area contributed by atoms with Crippen molar-refractivity contribution in [3.8, 4) is 5.69 Å². The summed E-state index contributed by atoms with van der Waals surface area (Å²) in [5, 5.41) is 12.7. The molecule has 1 aliphatic carbocycles. The number of carboxylic acid groups (broad SMARTS) is 1. The van der Waals surface area contributed by atoms with Gasteiger partial charge in [0, 0.05) is 12.1 Å². The maximum atomic E-state index is 14.0. The summed E-state index contributed by atoms with van der Waals surface area (Å²) in [6.45, 7) is 1.61. The highest BCUT2D eigenvalue weighted by Gasteiger charge is 2.29. The topological polar surface area (TPSA) is 77.1 Å². The molecule has 1 aromatic heterocycles. The quantitative estimate of drug-likeness (QED) is 0.934. The van der Waals surface area contributed by atoms with Gasteiger partial charge >= 0.3 is 11.7 Å². The van der Waals surface area contributed by atoms with Crippen LogP contribution in [0.5, 0.6) is 0 Å². The molecule has 110 valence electrons. The largest absolute Gasteiger partial charge is 0.478 e. The van der Waals surface area contributed by atoms with Gasteiger partial charge in [0.15, 0.2) is 0 Å². The summed E-state index contributed by atoms with van der Waals surface area (Å²) in [7, 11) is 0. The Morgan fingerprint density at radius 3 is 2.57 bits per heavy atom. The normalized spacial score (nSPS) is 14.4. The standard InChI is InChI=1S/C13H11F2N3O3/c1-6-16-18(13(21)17(6)7-2-3-7)11-5-9(14)8(12(19)20)4-10(11)15/h4-5,7H,2-3H2,1H3,(H,19,20). The van der Waals surface area contributed by atoms with E-state index >= 15 is 0 Å². The van der Waals surface area contributed by atoms with Gasteiger partial charge in [0.2, 0.25) is 0 Å². The number of carbonyl (C=O) groups is 1. The van der Waals surface area contributed by atoms with Crippen LogP contribution in [0, 0.1) is 18.6 Å². The number of aromatic carboxylic acids is 1. The molecular formula is C13H11F2N3O3. The molecule has 1 fully saturated rings. The Bertz CT molecular complexity index is 806. The third kappa shape index (κ3) is 2.12. The zero-order chi connectivity index (χ0) is 15.3. The third-order valence-electron chi connectivity index (χ3n) is 3.39. The molecule has 2 aromatic rings. The van der Waals surface area contributed by atoms with E-state index in [0.717, 1.165) is 17.5 Å². The van der Waals surface area contributed by atoms with Crippen molar-refractivity contribution in [2.24, 2.45) is 0 Å². The predicted molar refractivity (Wildman–Crippen MR) is 67.7 cm³/mol. The molecule has 1 heterocycles. The molecule has 1 N–H and O–H groups in total. The number of nitrogens with zero attached hydrogens (tertiary/aromatic N) is 3. The molecule has 0 saturated heterocycles. The number of benzene rings is 1. The number of hydrogen-bond acceptors (Lipinski definition) is 3. The van der Waals surface area contributed by atoms with Gasteiger partial charge in [-0.15, -0.1) is 0 Å². The summed E-state index contributed by atoms with van der Waals surface area (Å²) >= 11 is 0. The highest BCUT2D eigenvalue weighted by Crippen LogP contribution is 2.34. The SMILES string of the molecule is Cc1nn(-c2cc(F)c(C(=O)O)cc2F)c(=O)n1C1CC1. The van der Waals surface area contributed by atoms with Crippen LogP contribution in [0.25, 0.3) is 5.69 Å². The van der Waals surface area contributed by atoms with Gasteiger partial charge in [-0.25, -0.2) is 18.4 Å². The van der Waals surface area contributed by atoms with Crippen LogP contribution in [0.4, 0.5) is 8.78 Å². The smallest absolute Gasteiger partial charge is 0.351 e. The summed E-state index contributed by atoms with van der Waals surface area (Å²) in [5.74, 6) is -3.31. The molecule has 1 aliphatic rings. The van der Waals surface area contributed by atoms with Crippen molar-refractivity contribution in [1.29, 1.82) is 0 Å².